The molecule has 3 aromatic rings. The Hall–Kier alpha value is -2.92. The predicted octanol–water partition coefficient (Wildman–Crippen LogP) is 2.99. The van der Waals surface area contributed by atoms with Crippen LogP contribution in [0.2, 0.25) is 0 Å². The van der Waals surface area contributed by atoms with Crippen LogP contribution in [0.25, 0.3) is 10.9 Å². The van der Waals surface area contributed by atoms with Crippen LogP contribution in [-0.2, 0) is 33.2 Å². The molecule has 1 unspecified atom stereocenters. The van der Waals surface area contributed by atoms with Crippen molar-refractivity contribution in [1.29, 1.82) is 0 Å². The molecule has 0 saturated carbocycles. The van der Waals surface area contributed by atoms with Gasteiger partial charge in [-0.1, -0.05) is 30.3 Å². The molecule has 166 valence electrons. The van der Waals surface area contributed by atoms with E-state index in [0.29, 0.717) is 10.6 Å². The zero-order valence-corrected chi connectivity index (χ0v) is 17.4. The first-order valence-electron chi connectivity index (χ1n) is 9.08. The highest BCUT2D eigenvalue weighted by atomic mass is 32.2. The summed E-state index contributed by atoms with van der Waals surface area (Å²) in [4.78, 5) is 27.0. The Morgan fingerprint density at radius 3 is 2.35 bits per heavy atom. The second-order valence-corrected chi connectivity index (χ2v) is 9.25. The van der Waals surface area contributed by atoms with Gasteiger partial charge in [0.2, 0.25) is 0 Å². The zero-order valence-electron chi connectivity index (χ0n) is 16.6. The average Bonchev–Trinajstić information content (AvgIpc) is 2.68. The third-order valence-corrected chi connectivity index (χ3v) is 5.33. The van der Waals surface area contributed by atoms with Gasteiger partial charge in [0, 0.05) is 6.26 Å². The van der Waals surface area contributed by atoms with Gasteiger partial charge in [-0.25, -0.2) is 17.8 Å². The van der Waals surface area contributed by atoms with Gasteiger partial charge in [0.15, 0.2) is 9.84 Å². The van der Waals surface area contributed by atoms with Crippen molar-refractivity contribution in [2.75, 3.05) is 6.26 Å². The van der Waals surface area contributed by atoms with E-state index < -0.39 is 44.8 Å². The summed E-state index contributed by atoms with van der Waals surface area (Å²) in [6.45, 7) is 1.46. The molecule has 3 rings (SSSR count). The fourth-order valence-corrected chi connectivity index (χ4v) is 3.84. The number of ether oxygens (including phenoxy) is 1. The number of nitrogens with one attached hydrogen (secondary N) is 1. The first-order valence-corrected chi connectivity index (χ1v) is 11.1. The number of hydrogen-bond donors (Lipinski definition) is 1. The number of H-pyrrole nitrogens is 1. The molecule has 7 nitrogen and oxygen atoms in total. The standard InChI is InChI=1S/C20H19F3N2O5S/c1-12(30-10-13-6-4-3-5-7-13)14-8-15-17(9-16(14)20(21,22)23)24-19(27)25(18(15)26)11-31(2,28)29/h3-9,12H,10-11H2,1-2H3,(H,24,27). The molecule has 0 aliphatic heterocycles. The molecular weight excluding hydrogens is 437 g/mol. The van der Waals surface area contributed by atoms with Crippen molar-refractivity contribution < 1.29 is 26.3 Å². The molecule has 1 aromatic heterocycles. The maximum Gasteiger partial charge on any atom is 0.416 e. The molecule has 0 radical (unpaired) electrons. The van der Waals surface area contributed by atoms with Gasteiger partial charge in [0.1, 0.15) is 5.88 Å². The highest BCUT2D eigenvalue weighted by Crippen LogP contribution is 2.37. The van der Waals surface area contributed by atoms with Crippen LogP contribution in [0.3, 0.4) is 0 Å². The number of halogens is 3. The Balaban J connectivity index is 2.14. The summed E-state index contributed by atoms with van der Waals surface area (Å²) < 4.78 is 70.2. The molecule has 1 N–H and O–H groups in total. The molecule has 0 saturated heterocycles. The average molecular weight is 456 g/mol. The number of rotatable bonds is 6. The van der Waals surface area contributed by atoms with Crippen LogP contribution >= 0.6 is 0 Å². The van der Waals surface area contributed by atoms with Crippen LogP contribution in [0.5, 0.6) is 0 Å². The van der Waals surface area contributed by atoms with E-state index in [1.54, 1.807) is 30.3 Å². The van der Waals surface area contributed by atoms with Gasteiger partial charge in [0.25, 0.3) is 5.56 Å². The monoisotopic (exact) mass is 456 g/mol. The van der Waals surface area contributed by atoms with Crippen LogP contribution in [0.1, 0.15) is 29.7 Å². The van der Waals surface area contributed by atoms with Gasteiger partial charge >= 0.3 is 11.9 Å². The fourth-order valence-electron chi connectivity index (χ4n) is 3.14. The molecule has 1 heterocycles. The van der Waals surface area contributed by atoms with Crippen molar-refractivity contribution in [1.82, 2.24) is 9.55 Å². The smallest absolute Gasteiger partial charge is 0.369 e. The van der Waals surface area contributed by atoms with Crippen molar-refractivity contribution in [2.24, 2.45) is 0 Å². The van der Waals surface area contributed by atoms with E-state index >= 15 is 0 Å². The largest absolute Gasteiger partial charge is 0.416 e. The third kappa shape index (κ3) is 5.23. The molecule has 11 heteroatoms. The topological polar surface area (TPSA) is 98.2 Å². The summed E-state index contributed by atoms with van der Waals surface area (Å²) in [6, 6.07) is 10.5. The summed E-state index contributed by atoms with van der Waals surface area (Å²) in [7, 11) is -3.75. The zero-order chi connectivity index (χ0) is 23.0. The normalized spacial score (nSPS) is 13.5. The van der Waals surface area contributed by atoms with Gasteiger partial charge in [-0.15, -0.1) is 0 Å². The summed E-state index contributed by atoms with van der Waals surface area (Å²) in [5.74, 6) is -0.895. The fraction of sp³-hybridized carbons (Fsp3) is 0.300. The SMILES string of the molecule is CC(OCc1ccccc1)c1cc2c(=O)n(CS(C)(=O)=O)c(=O)[nH]c2cc1C(F)(F)F. The summed E-state index contributed by atoms with van der Waals surface area (Å²) >= 11 is 0. The first-order chi connectivity index (χ1) is 14.4. The van der Waals surface area contributed by atoms with Crippen LogP contribution in [0.15, 0.2) is 52.1 Å². The summed E-state index contributed by atoms with van der Waals surface area (Å²) in [5.41, 5.74) is -3.07. The summed E-state index contributed by atoms with van der Waals surface area (Å²) in [6.07, 6.45) is -4.98. The van der Waals surface area contributed by atoms with Gasteiger partial charge in [-0.2, -0.15) is 13.2 Å². The number of aromatic nitrogens is 2. The van der Waals surface area contributed by atoms with E-state index in [2.05, 4.69) is 4.98 Å². The van der Waals surface area contributed by atoms with Crippen molar-refractivity contribution in [3.8, 4) is 0 Å². The van der Waals surface area contributed by atoms with E-state index in [0.717, 1.165) is 17.9 Å². The number of alkyl halides is 3. The highest BCUT2D eigenvalue weighted by Gasteiger charge is 2.35. The number of nitrogens with zero attached hydrogens (tertiary/aromatic N) is 1. The van der Waals surface area contributed by atoms with E-state index in [1.807, 2.05) is 0 Å². The number of aromatic amines is 1. The maximum atomic E-state index is 13.7. The minimum Gasteiger partial charge on any atom is -0.369 e. The number of sulfone groups is 1. The number of hydrogen-bond acceptors (Lipinski definition) is 5. The van der Waals surface area contributed by atoms with E-state index in [4.69, 9.17) is 4.74 Å². The van der Waals surface area contributed by atoms with Crippen LogP contribution in [-0.4, -0.2) is 24.2 Å². The first kappa shape index (κ1) is 22.8. The second-order valence-electron chi connectivity index (χ2n) is 7.14. The van der Waals surface area contributed by atoms with E-state index in [1.165, 1.54) is 6.92 Å². The van der Waals surface area contributed by atoms with Gasteiger partial charge in [0.05, 0.1) is 29.2 Å². The van der Waals surface area contributed by atoms with Gasteiger partial charge < -0.3 is 9.72 Å². The molecule has 1 atom stereocenters. The van der Waals surface area contributed by atoms with E-state index in [-0.39, 0.29) is 23.1 Å². The van der Waals surface area contributed by atoms with Gasteiger partial charge in [-0.3, -0.25) is 4.79 Å². The van der Waals surface area contributed by atoms with E-state index in [9.17, 15) is 31.2 Å². The van der Waals surface area contributed by atoms with Crippen LogP contribution in [0, 0.1) is 0 Å². The molecule has 0 amide bonds. The molecule has 0 bridgehead atoms. The number of fused-ring (bicyclic) bond motifs is 1. The Morgan fingerprint density at radius 2 is 1.77 bits per heavy atom. The van der Waals surface area contributed by atoms with Gasteiger partial charge in [-0.05, 0) is 30.2 Å². The lowest BCUT2D eigenvalue weighted by molar-refractivity contribution is -0.139. The molecule has 0 aliphatic rings. The van der Waals surface area contributed by atoms with Crippen molar-refractivity contribution in [2.45, 2.75) is 31.7 Å². The lowest BCUT2D eigenvalue weighted by Crippen LogP contribution is -2.37. The van der Waals surface area contributed by atoms with Crippen molar-refractivity contribution in [3.63, 3.8) is 0 Å². The molecule has 0 aliphatic carbocycles. The molecular formula is C20H19F3N2O5S. The third-order valence-electron chi connectivity index (χ3n) is 4.60. The Morgan fingerprint density at radius 1 is 1.13 bits per heavy atom. The molecule has 2 aromatic carbocycles. The van der Waals surface area contributed by atoms with Crippen LogP contribution in [0.4, 0.5) is 13.2 Å². The number of benzene rings is 2. The Kier molecular flexibility index (Phi) is 6.10. The minimum atomic E-state index is -4.77. The second kappa shape index (κ2) is 8.31. The minimum absolute atomic E-state index is 0.0429. The molecule has 0 fully saturated rings. The molecule has 0 spiro atoms. The van der Waals surface area contributed by atoms with Crippen molar-refractivity contribution >= 4 is 20.7 Å². The quantitative estimate of drug-likeness (QED) is 0.615. The highest BCUT2D eigenvalue weighted by molar-refractivity contribution is 7.89. The summed E-state index contributed by atoms with van der Waals surface area (Å²) in [5, 5.41) is -0.249. The maximum absolute atomic E-state index is 13.7. The van der Waals surface area contributed by atoms with Crippen molar-refractivity contribution in [3.05, 3.63) is 80.0 Å². The lowest BCUT2D eigenvalue weighted by Gasteiger charge is -2.20. The van der Waals surface area contributed by atoms with Crippen LogP contribution < -0.4 is 11.2 Å². The Bertz CT molecular complexity index is 1330. The predicted molar refractivity (Wildman–Crippen MR) is 108 cm³/mol. The molecule has 31 heavy (non-hydrogen) atoms. The Labute approximate surface area is 175 Å². The lowest BCUT2D eigenvalue weighted by atomic mass is 10.00.